The lowest BCUT2D eigenvalue weighted by atomic mass is 10.0. The van der Waals surface area contributed by atoms with E-state index < -0.39 is 30.8 Å². The number of aryl methyl sites for hydroxylation is 1. The Kier molecular flexibility index (Phi) is 6.68. The Hall–Kier alpha value is -1.96. The van der Waals surface area contributed by atoms with E-state index in [1.807, 2.05) is 19.1 Å². The zero-order valence-corrected chi connectivity index (χ0v) is 13.2. The molecule has 0 saturated heterocycles. The van der Waals surface area contributed by atoms with Crippen LogP contribution < -0.4 is 15.4 Å². The smallest absolute Gasteiger partial charge is 0.414 e. The number of alkyl halides is 3. The van der Waals surface area contributed by atoms with Gasteiger partial charge in [0.05, 0.1) is 13.2 Å². The molecule has 0 fully saturated rings. The highest BCUT2D eigenvalue weighted by Crippen LogP contribution is 2.26. The van der Waals surface area contributed by atoms with E-state index in [0.29, 0.717) is 5.75 Å². The number of hydrogen-bond donors (Lipinski definition) is 3. The van der Waals surface area contributed by atoms with Gasteiger partial charge >= 0.3 is 12.2 Å². The third kappa shape index (κ3) is 5.97. The number of nitrogens with one attached hydrogen (secondary N) is 2. The Labute approximate surface area is 132 Å². The van der Waals surface area contributed by atoms with Crippen molar-refractivity contribution in [3.05, 3.63) is 29.3 Å². The van der Waals surface area contributed by atoms with E-state index >= 15 is 0 Å². The van der Waals surface area contributed by atoms with Gasteiger partial charge in [-0.3, -0.25) is 0 Å². The Bertz CT molecular complexity index is 535. The highest BCUT2D eigenvalue weighted by molar-refractivity contribution is 5.74. The predicted octanol–water partition coefficient (Wildman–Crippen LogP) is 2.68. The van der Waals surface area contributed by atoms with Gasteiger partial charge in [0.15, 0.2) is 6.10 Å². The molecule has 0 heterocycles. The van der Waals surface area contributed by atoms with Gasteiger partial charge in [0.1, 0.15) is 5.75 Å². The van der Waals surface area contributed by atoms with Crippen LogP contribution in [0.15, 0.2) is 18.2 Å². The fourth-order valence-electron chi connectivity index (χ4n) is 2.00. The van der Waals surface area contributed by atoms with Crippen LogP contribution in [0.3, 0.4) is 0 Å². The topological polar surface area (TPSA) is 70.6 Å². The lowest BCUT2D eigenvalue weighted by Gasteiger charge is -2.19. The minimum Gasteiger partial charge on any atom is -0.496 e. The van der Waals surface area contributed by atoms with Crippen molar-refractivity contribution < 1.29 is 27.8 Å². The Morgan fingerprint density at radius 2 is 2.04 bits per heavy atom. The van der Waals surface area contributed by atoms with Crippen LogP contribution in [0.4, 0.5) is 18.0 Å². The number of carbonyl (C=O) groups is 1. The summed E-state index contributed by atoms with van der Waals surface area (Å²) in [6.45, 7) is 3.35. The predicted molar refractivity (Wildman–Crippen MR) is 79.4 cm³/mol. The standard InChI is InChI=1S/C15H21F3N2O3/c1-9-4-5-12(23-3)11(8-9)10(2)20-14(22)19-7-6-13(21)15(16,17)18/h4-5,8,10,13,21H,6-7H2,1-3H3,(H2,19,20,22)/t10-,13+/m0/s1. The summed E-state index contributed by atoms with van der Waals surface area (Å²) in [7, 11) is 1.51. The number of ether oxygens (including phenoxy) is 1. The number of rotatable bonds is 6. The first-order valence-electron chi connectivity index (χ1n) is 7.08. The van der Waals surface area contributed by atoms with Crippen LogP contribution in [-0.2, 0) is 0 Å². The van der Waals surface area contributed by atoms with Gasteiger partial charge in [-0.15, -0.1) is 0 Å². The Morgan fingerprint density at radius 1 is 1.39 bits per heavy atom. The molecule has 23 heavy (non-hydrogen) atoms. The molecule has 0 aliphatic carbocycles. The van der Waals surface area contributed by atoms with Gasteiger partial charge in [-0.2, -0.15) is 13.2 Å². The molecule has 0 unspecified atom stereocenters. The number of urea groups is 1. The minimum absolute atomic E-state index is 0.288. The maximum Gasteiger partial charge on any atom is 0.414 e. The zero-order valence-electron chi connectivity index (χ0n) is 13.2. The van der Waals surface area contributed by atoms with E-state index in [9.17, 15) is 18.0 Å². The average molecular weight is 334 g/mol. The number of amides is 2. The number of aliphatic hydroxyl groups is 1. The fourth-order valence-corrected chi connectivity index (χ4v) is 2.00. The second kappa shape index (κ2) is 8.05. The summed E-state index contributed by atoms with van der Waals surface area (Å²) >= 11 is 0. The molecule has 5 nitrogen and oxygen atoms in total. The van der Waals surface area contributed by atoms with Crippen molar-refractivity contribution in [1.29, 1.82) is 0 Å². The third-order valence-corrected chi connectivity index (χ3v) is 3.28. The summed E-state index contributed by atoms with van der Waals surface area (Å²) in [6, 6.07) is 4.50. The number of hydrogen-bond acceptors (Lipinski definition) is 3. The molecular formula is C15H21F3N2O3. The summed E-state index contributed by atoms with van der Waals surface area (Å²) in [4.78, 5) is 11.7. The van der Waals surface area contributed by atoms with Crippen LogP contribution >= 0.6 is 0 Å². The van der Waals surface area contributed by atoms with E-state index in [-0.39, 0.29) is 6.54 Å². The quantitative estimate of drug-likeness (QED) is 0.749. The lowest BCUT2D eigenvalue weighted by molar-refractivity contribution is -0.204. The average Bonchev–Trinajstić information content (AvgIpc) is 2.45. The first kappa shape index (κ1) is 19.1. The van der Waals surface area contributed by atoms with Crippen molar-refractivity contribution in [3.63, 3.8) is 0 Å². The van der Waals surface area contributed by atoms with Crippen LogP contribution in [0.5, 0.6) is 5.75 Å². The molecule has 0 radical (unpaired) electrons. The second-order valence-corrected chi connectivity index (χ2v) is 5.21. The summed E-state index contributed by atoms with van der Waals surface area (Å²) in [5, 5.41) is 13.7. The minimum atomic E-state index is -4.68. The van der Waals surface area contributed by atoms with E-state index in [1.54, 1.807) is 13.0 Å². The molecule has 130 valence electrons. The van der Waals surface area contributed by atoms with Crippen molar-refractivity contribution in [2.45, 2.75) is 38.6 Å². The van der Waals surface area contributed by atoms with Crippen LogP contribution in [-0.4, -0.2) is 37.1 Å². The number of methoxy groups -OCH3 is 1. The summed E-state index contributed by atoms with van der Waals surface area (Å²) in [5.41, 5.74) is 1.75. The number of aliphatic hydroxyl groups excluding tert-OH is 1. The zero-order chi connectivity index (χ0) is 17.6. The molecule has 0 bridgehead atoms. The molecule has 0 aliphatic heterocycles. The first-order valence-corrected chi connectivity index (χ1v) is 7.08. The second-order valence-electron chi connectivity index (χ2n) is 5.21. The Balaban J connectivity index is 2.53. The van der Waals surface area contributed by atoms with Crippen molar-refractivity contribution >= 4 is 6.03 Å². The van der Waals surface area contributed by atoms with Crippen LogP contribution in [0, 0.1) is 6.92 Å². The molecule has 2 amide bonds. The molecule has 2 atom stereocenters. The third-order valence-electron chi connectivity index (χ3n) is 3.28. The van der Waals surface area contributed by atoms with Gasteiger partial charge in [-0.05, 0) is 26.3 Å². The molecule has 8 heteroatoms. The molecule has 1 aromatic rings. The van der Waals surface area contributed by atoms with Gasteiger partial charge in [-0.25, -0.2) is 4.79 Å². The summed E-state index contributed by atoms with van der Waals surface area (Å²) in [6.07, 6.45) is -7.73. The molecule has 1 rings (SSSR count). The van der Waals surface area contributed by atoms with E-state index in [4.69, 9.17) is 9.84 Å². The molecule has 0 saturated carbocycles. The van der Waals surface area contributed by atoms with Gasteiger partial charge in [0, 0.05) is 12.1 Å². The molecular weight excluding hydrogens is 313 g/mol. The van der Waals surface area contributed by atoms with Gasteiger partial charge in [0.25, 0.3) is 0 Å². The largest absolute Gasteiger partial charge is 0.496 e. The maximum atomic E-state index is 12.1. The van der Waals surface area contributed by atoms with Crippen molar-refractivity contribution in [2.75, 3.05) is 13.7 Å². The summed E-state index contributed by atoms with van der Waals surface area (Å²) < 4.78 is 41.6. The number of halogens is 3. The van der Waals surface area contributed by atoms with Crippen molar-refractivity contribution in [1.82, 2.24) is 10.6 Å². The highest BCUT2D eigenvalue weighted by Gasteiger charge is 2.37. The molecule has 0 aromatic heterocycles. The van der Waals surface area contributed by atoms with Crippen LogP contribution in [0.25, 0.3) is 0 Å². The number of benzene rings is 1. The van der Waals surface area contributed by atoms with Crippen molar-refractivity contribution in [2.24, 2.45) is 0 Å². The van der Waals surface area contributed by atoms with Gasteiger partial charge in [-0.1, -0.05) is 17.7 Å². The Morgan fingerprint density at radius 3 is 2.61 bits per heavy atom. The van der Waals surface area contributed by atoms with Gasteiger partial charge in [0.2, 0.25) is 0 Å². The van der Waals surface area contributed by atoms with Crippen molar-refractivity contribution in [3.8, 4) is 5.75 Å². The molecule has 0 aliphatic rings. The normalized spacial score (nSPS) is 14.0. The fraction of sp³-hybridized carbons (Fsp3) is 0.533. The molecule has 1 aromatic carbocycles. The lowest BCUT2D eigenvalue weighted by Crippen LogP contribution is -2.40. The first-order chi connectivity index (χ1) is 10.6. The molecule has 3 N–H and O–H groups in total. The highest BCUT2D eigenvalue weighted by atomic mass is 19.4. The van der Waals surface area contributed by atoms with E-state index in [0.717, 1.165) is 11.1 Å². The number of carbonyl (C=O) groups excluding carboxylic acids is 1. The van der Waals surface area contributed by atoms with E-state index in [1.165, 1.54) is 7.11 Å². The van der Waals surface area contributed by atoms with Crippen LogP contribution in [0.1, 0.15) is 30.5 Å². The van der Waals surface area contributed by atoms with Gasteiger partial charge < -0.3 is 20.5 Å². The monoisotopic (exact) mass is 334 g/mol. The maximum absolute atomic E-state index is 12.1. The molecule has 0 spiro atoms. The van der Waals surface area contributed by atoms with Crippen LogP contribution in [0.2, 0.25) is 0 Å². The van der Waals surface area contributed by atoms with E-state index in [2.05, 4.69) is 10.6 Å². The SMILES string of the molecule is COc1ccc(C)cc1[C@H](C)NC(=O)NCC[C@@H](O)C(F)(F)F. The summed E-state index contributed by atoms with van der Waals surface area (Å²) in [5.74, 6) is 0.607.